The number of likely N-dealkylation sites (N-methyl/N-ethyl adjacent to an activating group) is 1. The van der Waals surface area contributed by atoms with Crippen molar-refractivity contribution in [2.75, 3.05) is 26.8 Å². The van der Waals surface area contributed by atoms with Crippen LogP contribution in [0.25, 0.3) is 0 Å². The summed E-state index contributed by atoms with van der Waals surface area (Å²) in [5, 5.41) is 11.0. The predicted octanol–water partition coefficient (Wildman–Crippen LogP) is 1.54. The fourth-order valence-electron chi connectivity index (χ4n) is 3.59. The third kappa shape index (κ3) is 3.35. The van der Waals surface area contributed by atoms with E-state index in [2.05, 4.69) is 18.7 Å². The Balaban J connectivity index is 1.79. The maximum atomic E-state index is 11.0. The van der Waals surface area contributed by atoms with Crippen LogP contribution in [0.3, 0.4) is 0 Å². The van der Waals surface area contributed by atoms with Crippen molar-refractivity contribution >= 4 is 0 Å². The van der Waals surface area contributed by atoms with Crippen LogP contribution in [0.2, 0.25) is 0 Å². The summed E-state index contributed by atoms with van der Waals surface area (Å²) in [6, 6.07) is 9.50. The molecule has 2 heterocycles. The topological polar surface area (TPSA) is 60.4 Å². The number of hydrogen-bond acceptors (Lipinski definition) is 6. The van der Waals surface area contributed by atoms with E-state index in [0.717, 1.165) is 18.7 Å². The van der Waals surface area contributed by atoms with Crippen molar-refractivity contribution in [3.05, 3.63) is 35.9 Å². The zero-order valence-electron chi connectivity index (χ0n) is 14.5. The van der Waals surface area contributed by atoms with Crippen molar-refractivity contribution in [3.63, 3.8) is 0 Å². The average Bonchev–Trinajstić information content (AvgIpc) is 2.64. The van der Waals surface area contributed by atoms with Crippen LogP contribution < -0.4 is 0 Å². The van der Waals surface area contributed by atoms with Gasteiger partial charge in [0, 0.05) is 12.7 Å². The van der Waals surface area contributed by atoms with Gasteiger partial charge in [-0.2, -0.15) is 0 Å². The second-order valence-electron chi connectivity index (χ2n) is 6.16. The van der Waals surface area contributed by atoms with E-state index < -0.39 is 24.8 Å². The lowest BCUT2D eigenvalue weighted by molar-refractivity contribution is -0.350. The Hall–Kier alpha value is -1.02. The van der Waals surface area contributed by atoms with Crippen molar-refractivity contribution in [1.29, 1.82) is 0 Å². The number of aliphatic hydroxyl groups is 1. The standard InChI is InChI=1S/C18H27NO5/c1-4-19(5-2)14-15(20)16-13(23-18(14)21-3)11-22-17(24-16)12-9-7-6-8-10-12/h6-10,13-18,20H,4-5,11H2,1-3H3/t13-,14-,15+,16-,17?,18+/m1/s1. The third-order valence-electron chi connectivity index (χ3n) is 4.87. The van der Waals surface area contributed by atoms with Crippen LogP contribution in [0.5, 0.6) is 0 Å². The molecule has 134 valence electrons. The Labute approximate surface area is 143 Å². The molecule has 2 aliphatic heterocycles. The molecule has 0 radical (unpaired) electrons. The predicted molar refractivity (Wildman–Crippen MR) is 88.4 cm³/mol. The maximum absolute atomic E-state index is 11.0. The molecule has 1 aromatic rings. The van der Waals surface area contributed by atoms with Gasteiger partial charge in [0.2, 0.25) is 0 Å². The quantitative estimate of drug-likeness (QED) is 0.880. The number of nitrogens with zero attached hydrogens (tertiary/aromatic N) is 1. The monoisotopic (exact) mass is 337 g/mol. The number of rotatable bonds is 5. The molecule has 1 aromatic carbocycles. The molecule has 0 aliphatic carbocycles. The first-order chi connectivity index (χ1) is 11.7. The molecule has 6 nitrogen and oxygen atoms in total. The van der Waals surface area contributed by atoms with Crippen LogP contribution in [0.4, 0.5) is 0 Å². The zero-order valence-corrected chi connectivity index (χ0v) is 14.5. The molecular formula is C18H27NO5. The summed E-state index contributed by atoms with van der Waals surface area (Å²) in [7, 11) is 1.60. The van der Waals surface area contributed by atoms with Crippen LogP contribution in [-0.2, 0) is 18.9 Å². The van der Waals surface area contributed by atoms with Gasteiger partial charge in [-0.3, -0.25) is 4.90 Å². The Kier molecular flexibility index (Phi) is 5.86. The van der Waals surface area contributed by atoms with Crippen molar-refractivity contribution in [1.82, 2.24) is 4.90 Å². The molecule has 0 spiro atoms. The number of hydrogen-bond donors (Lipinski definition) is 1. The molecule has 6 atom stereocenters. The lowest BCUT2D eigenvalue weighted by Crippen LogP contribution is -2.66. The molecule has 2 fully saturated rings. The van der Waals surface area contributed by atoms with Crippen molar-refractivity contribution in [2.45, 2.75) is 50.8 Å². The van der Waals surface area contributed by atoms with Crippen molar-refractivity contribution < 1.29 is 24.1 Å². The fraction of sp³-hybridized carbons (Fsp3) is 0.667. The summed E-state index contributed by atoms with van der Waals surface area (Å²) in [4.78, 5) is 2.14. The summed E-state index contributed by atoms with van der Waals surface area (Å²) >= 11 is 0. The molecule has 1 N–H and O–H groups in total. The highest BCUT2D eigenvalue weighted by molar-refractivity contribution is 5.16. The van der Waals surface area contributed by atoms with Crippen LogP contribution in [0.15, 0.2) is 30.3 Å². The van der Waals surface area contributed by atoms with Crippen LogP contribution >= 0.6 is 0 Å². The van der Waals surface area contributed by atoms with Gasteiger partial charge in [-0.1, -0.05) is 44.2 Å². The van der Waals surface area contributed by atoms with Gasteiger partial charge in [-0.25, -0.2) is 0 Å². The molecule has 0 aromatic heterocycles. The minimum Gasteiger partial charge on any atom is -0.388 e. The van der Waals surface area contributed by atoms with Crippen molar-refractivity contribution in [3.8, 4) is 0 Å². The normalized spacial score (nSPS) is 36.5. The Morgan fingerprint density at radius 3 is 2.50 bits per heavy atom. The van der Waals surface area contributed by atoms with Gasteiger partial charge in [-0.05, 0) is 13.1 Å². The van der Waals surface area contributed by atoms with E-state index in [-0.39, 0.29) is 12.1 Å². The smallest absolute Gasteiger partial charge is 0.184 e. The molecule has 6 heteroatoms. The van der Waals surface area contributed by atoms with Crippen LogP contribution in [-0.4, -0.2) is 67.5 Å². The van der Waals surface area contributed by atoms with E-state index in [9.17, 15) is 5.11 Å². The van der Waals surface area contributed by atoms with E-state index in [4.69, 9.17) is 18.9 Å². The van der Waals surface area contributed by atoms with E-state index in [1.807, 2.05) is 30.3 Å². The first-order valence-electron chi connectivity index (χ1n) is 8.62. The SMILES string of the molecule is CCN(CC)[C@H]1[C@@H](OC)O[C@@H]2COC(c3ccccc3)O[C@H]2[C@H]1O. The highest BCUT2D eigenvalue weighted by Gasteiger charge is 2.50. The maximum Gasteiger partial charge on any atom is 0.184 e. The van der Waals surface area contributed by atoms with Gasteiger partial charge in [0.25, 0.3) is 0 Å². The van der Waals surface area contributed by atoms with E-state index >= 15 is 0 Å². The molecule has 1 unspecified atom stereocenters. The zero-order chi connectivity index (χ0) is 17.1. The number of methoxy groups -OCH3 is 1. The number of benzene rings is 1. The van der Waals surface area contributed by atoms with Crippen LogP contribution in [0.1, 0.15) is 25.7 Å². The fourth-order valence-corrected chi connectivity index (χ4v) is 3.59. The Morgan fingerprint density at radius 2 is 1.88 bits per heavy atom. The summed E-state index contributed by atoms with van der Waals surface area (Å²) in [6.07, 6.45) is -2.47. The van der Waals surface area contributed by atoms with Gasteiger partial charge in [-0.15, -0.1) is 0 Å². The summed E-state index contributed by atoms with van der Waals surface area (Å²) < 4.78 is 23.4. The second kappa shape index (κ2) is 7.91. The van der Waals surface area contributed by atoms with Gasteiger partial charge in [0.1, 0.15) is 18.3 Å². The average molecular weight is 337 g/mol. The lowest BCUT2D eigenvalue weighted by atomic mass is 9.94. The lowest BCUT2D eigenvalue weighted by Gasteiger charge is -2.50. The summed E-state index contributed by atoms with van der Waals surface area (Å²) in [5.74, 6) is 0. The van der Waals surface area contributed by atoms with Gasteiger partial charge in [0.15, 0.2) is 12.6 Å². The number of ether oxygens (including phenoxy) is 4. The summed E-state index contributed by atoms with van der Waals surface area (Å²) in [5.41, 5.74) is 0.941. The Morgan fingerprint density at radius 1 is 1.17 bits per heavy atom. The molecule has 3 rings (SSSR count). The van der Waals surface area contributed by atoms with E-state index in [1.54, 1.807) is 7.11 Å². The van der Waals surface area contributed by atoms with E-state index in [1.165, 1.54) is 0 Å². The first-order valence-corrected chi connectivity index (χ1v) is 8.62. The molecule has 0 saturated carbocycles. The largest absolute Gasteiger partial charge is 0.388 e. The molecule has 24 heavy (non-hydrogen) atoms. The van der Waals surface area contributed by atoms with Gasteiger partial charge in [0.05, 0.1) is 12.6 Å². The molecule has 0 bridgehead atoms. The summed E-state index contributed by atoms with van der Waals surface area (Å²) in [6.45, 7) is 6.10. The number of fused-ring (bicyclic) bond motifs is 1. The minimum absolute atomic E-state index is 0.263. The highest BCUT2D eigenvalue weighted by Crippen LogP contribution is 2.35. The third-order valence-corrected chi connectivity index (χ3v) is 4.87. The minimum atomic E-state index is -0.705. The highest BCUT2D eigenvalue weighted by atomic mass is 16.7. The van der Waals surface area contributed by atoms with E-state index in [0.29, 0.717) is 6.61 Å². The van der Waals surface area contributed by atoms with Crippen LogP contribution in [0, 0.1) is 0 Å². The molecule has 2 saturated heterocycles. The van der Waals surface area contributed by atoms with Crippen molar-refractivity contribution in [2.24, 2.45) is 0 Å². The molecular weight excluding hydrogens is 310 g/mol. The Bertz CT molecular complexity index is 509. The number of aliphatic hydroxyl groups excluding tert-OH is 1. The second-order valence-corrected chi connectivity index (χ2v) is 6.16. The van der Waals surface area contributed by atoms with Gasteiger partial charge >= 0.3 is 0 Å². The molecule has 2 aliphatic rings. The van der Waals surface area contributed by atoms with Gasteiger partial charge < -0.3 is 24.1 Å². The molecule has 0 amide bonds. The first kappa shape index (κ1) is 17.8.